The molecule has 3 aromatic rings. The summed E-state index contributed by atoms with van der Waals surface area (Å²) in [4.78, 5) is 15.5. The number of hydrogen-bond acceptors (Lipinski definition) is 3. The summed E-state index contributed by atoms with van der Waals surface area (Å²) < 4.78 is 2.16. The SMILES string of the molecule is O=Cc1ccc(Cn2ccc3cc(C4CCNCC4)cnc32)cc1. The molecule has 122 valence electrons. The molecule has 1 fully saturated rings. The van der Waals surface area contributed by atoms with E-state index in [-0.39, 0.29) is 0 Å². The molecule has 4 nitrogen and oxygen atoms in total. The first kappa shape index (κ1) is 15.1. The van der Waals surface area contributed by atoms with Crippen molar-refractivity contribution < 1.29 is 4.79 Å². The van der Waals surface area contributed by atoms with Crippen LogP contribution in [0.1, 0.15) is 40.2 Å². The highest BCUT2D eigenvalue weighted by molar-refractivity contribution is 5.77. The zero-order valence-corrected chi connectivity index (χ0v) is 13.6. The Hall–Kier alpha value is -2.46. The normalized spacial score (nSPS) is 15.7. The van der Waals surface area contributed by atoms with Gasteiger partial charge in [-0.2, -0.15) is 0 Å². The number of benzene rings is 1. The molecule has 24 heavy (non-hydrogen) atoms. The fraction of sp³-hybridized carbons (Fsp3) is 0.300. The summed E-state index contributed by atoms with van der Waals surface area (Å²) in [6.45, 7) is 2.96. The number of rotatable bonds is 4. The molecule has 0 spiro atoms. The third kappa shape index (κ3) is 2.97. The van der Waals surface area contributed by atoms with Gasteiger partial charge in [-0.05, 0) is 55.1 Å². The molecule has 1 aliphatic rings. The first-order valence-corrected chi connectivity index (χ1v) is 8.53. The molecule has 1 aliphatic heterocycles. The van der Waals surface area contributed by atoms with Crippen molar-refractivity contribution in [2.75, 3.05) is 13.1 Å². The number of hydrogen-bond donors (Lipinski definition) is 1. The Labute approximate surface area is 141 Å². The second kappa shape index (κ2) is 6.57. The smallest absolute Gasteiger partial charge is 0.150 e. The van der Waals surface area contributed by atoms with Gasteiger partial charge in [0, 0.05) is 29.9 Å². The Kier molecular flexibility index (Phi) is 4.13. The molecule has 0 bridgehead atoms. The lowest BCUT2D eigenvalue weighted by molar-refractivity contribution is 0.112. The minimum Gasteiger partial charge on any atom is -0.328 e. The van der Waals surface area contributed by atoms with Crippen LogP contribution in [0.4, 0.5) is 0 Å². The van der Waals surface area contributed by atoms with Crippen molar-refractivity contribution in [2.45, 2.75) is 25.3 Å². The van der Waals surface area contributed by atoms with Gasteiger partial charge in [-0.3, -0.25) is 4.79 Å². The van der Waals surface area contributed by atoms with Gasteiger partial charge in [0.1, 0.15) is 11.9 Å². The number of carbonyl (C=O) groups excluding carboxylic acids is 1. The number of piperidine rings is 1. The number of fused-ring (bicyclic) bond motifs is 1. The molecular weight excluding hydrogens is 298 g/mol. The lowest BCUT2D eigenvalue weighted by Gasteiger charge is -2.22. The van der Waals surface area contributed by atoms with Gasteiger partial charge in [0.25, 0.3) is 0 Å². The van der Waals surface area contributed by atoms with Crippen LogP contribution < -0.4 is 5.32 Å². The minimum atomic E-state index is 0.627. The highest BCUT2D eigenvalue weighted by Gasteiger charge is 2.16. The van der Waals surface area contributed by atoms with Crippen LogP contribution in [0.5, 0.6) is 0 Å². The summed E-state index contributed by atoms with van der Waals surface area (Å²) in [5.74, 6) is 0.627. The average Bonchev–Trinajstić information content (AvgIpc) is 3.05. The maximum absolute atomic E-state index is 10.8. The van der Waals surface area contributed by atoms with Crippen molar-refractivity contribution in [3.8, 4) is 0 Å². The van der Waals surface area contributed by atoms with Crippen LogP contribution in [0.15, 0.2) is 48.8 Å². The maximum Gasteiger partial charge on any atom is 0.150 e. The summed E-state index contributed by atoms with van der Waals surface area (Å²) in [5, 5.41) is 4.62. The van der Waals surface area contributed by atoms with Crippen molar-refractivity contribution in [3.63, 3.8) is 0 Å². The van der Waals surface area contributed by atoms with Gasteiger partial charge < -0.3 is 9.88 Å². The van der Waals surface area contributed by atoms with Crippen LogP contribution in [0, 0.1) is 0 Å². The Balaban J connectivity index is 1.58. The third-order valence-electron chi connectivity index (χ3n) is 4.90. The van der Waals surface area contributed by atoms with E-state index in [0.717, 1.165) is 31.6 Å². The summed E-state index contributed by atoms with van der Waals surface area (Å²) in [6.07, 6.45) is 7.40. The standard InChI is InChI=1S/C20H21N3O/c24-14-16-3-1-15(2-4-16)13-23-10-7-18-11-19(12-22-20(18)23)17-5-8-21-9-6-17/h1-4,7,10-12,14,17,21H,5-6,8-9,13H2. The molecule has 0 radical (unpaired) electrons. The number of nitrogens with zero attached hydrogens (tertiary/aromatic N) is 2. The first-order chi connectivity index (χ1) is 11.8. The van der Waals surface area contributed by atoms with Crippen LogP contribution in [-0.4, -0.2) is 28.9 Å². The lowest BCUT2D eigenvalue weighted by atomic mass is 9.91. The van der Waals surface area contributed by atoms with E-state index in [4.69, 9.17) is 4.98 Å². The van der Waals surface area contributed by atoms with Gasteiger partial charge in [-0.1, -0.05) is 24.3 Å². The lowest BCUT2D eigenvalue weighted by Crippen LogP contribution is -2.26. The van der Waals surface area contributed by atoms with Gasteiger partial charge in [-0.25, -0.2) is 4.98 Å². The molecule has 4 rings (SSSR count). The van der Waals surface area contributed by atoms with E-state index in [1.807, 2.05) is 30.5 Å². The predicted molar refractivity (Wildman–Crippen MR) is 95.5 cm³/mol. The largest absolute Gasteiger partial charge is 0.328 e. The minimum absolute atomic E-state index is 0.627. The molecule has 0 aliphatic carbocycles. The van der Waals surface area contributed by atoms with E-state index in [0.29, 0.717) is 11.5 Å². The second-order valence-electron chi connectivity index (χ2n) is 6.51. The number of aldehydes is 1. The third-order valence-corrected chi connectivity index (χ3v) is 4.90. The van der Waals surface area contributed by atoms with E-state index < -0.39 is 0 Å². The van der Waals surface area contributed by atoms with Crippen LogP contribution in [-0.2, 0) is 6.54 Å². The first-order valence-electron chi connectivity index (χ1n) is 8.53. The van der Waals surface area contributed by atoms with Crippen LogP contribution in [0.3, 0.4) is 0 Å². The Morgan fingerprint density at radius 2 is 1.96 bits per heavy atom. The quantitative estimate of drug-likeness (QED) is 0.750. The predicted octanol–water partition coefficient (Wildman–Crippen LogP) is 3.36. The summed E-state index contributed by atoms with van der Waals surface area (Å²) in [7, 11) is 0. The summed E-state index contributed by atoms with van der Waals surface area (Å²) in [6, 6.07) is 12.2. The molecule has 0 atom stereocenters. The molecule has 1 saturated heterocycles. The van der Waals surface area contributed by atoms with E-state index in [9.17, 15) is 4.79 Å². The van der Waals surface area contributed by atoms with Crippen molar-refractivity contribution in [3.05, 3.63) is 65.5 Å². The number of carbonyl (C=O) groups is 1. The molecule has 2 aromatic heterocycles. The van der Waals surface area contributed by atoms with E-state index >= 15 is 0 Å². The fourth-order valence-electron chi connectivity index (χ4n) is 3.50. The van der Waals surface area contributed by atoms with Gasteiger partial charge in [-0.15, -0.1) is 0 Å². The van der Waals surface area contributed by atoms with E-state index in [1.54, 1.807) is 0 Å². The molecular formula is C20H21N3O. The average molecular weight is 319 g/mol. The maximum atomic E-state index is 10.8. The Morgan fingerprint density at radius 1 is 1.17 bits per heavy atom. The molecule has 3 heterocycles. The highest BCUT2D eigenvalue weighted by Crippen LogP contribution is 2.27. The van der Waals surface area contributed by atoms with Gasteiger partial charge in [0.05, 0.1) is 0 Å². The van der Waals surface area contributed by atoms with Gasteiger partial charge in [0.15, 0.2) is 0 Å². The zero-order valence-electron chi connectivity index (χ0n) is 13.6. The number of aromatic nitrogens is 2. The number of pyridine rings is 1. The van der Waals surface area contributed by atoms with Crippen molar-refractivity contribution in [1.82, 2.24) is 14.9 Å². The van der Waals surface area contributed by atoms with Crippen molar-refractivity contribution >= 4 is 17.3 Å². The van der Waals surface area contributed by atoms with Gasteiger partial charge in [0.2, 0.25) is 0 Å². The summed E-state index contributed by atoms with van der Waals surface area (Å²) >= 11 is 0. The fourth-order valence-corrected chi connectivity index (χ4v) is 3.50. The number of nitrogens with one attached hydrogen (secondary N) is 1. The zero-order chi connectivity index (χ0) is 16.4. The topological polar surface area (TPSA) is 46.9 Å². The second-order valence-corrected chi connectivity index (χ2v) is 6.51. The van der Waals surface area contributed by atoms with Crippen LogP contribution in [0.25, 0.3) is 11.0 Å². The molecule has 0 unspecified atom stereocenters. The Bertz CT molecular complexity index is 845. The molecule has 1 N–H and O–H groups in total. The van der Waals surface area contributed by atoms with Crippen LogP contribution in [0.2, 0.25) is 0 Å². The summed E-state index contributed by atoms with van der Waals surface area (Å²) in [5.41, 5.74) is 4.26. The highest BCUT2D eigenvalue weighted by atomic mass is 16.1. The molecule has 0 saturated carbocycles. The van der Waals surface area contributed by atoms with Crippen molar-refractivity contribution in [1.29, 1.82) is 0 Å². The molecule has 0 amide bonds. The van der Waals surface area contributed by atoms with Crippen LogP contribution >= 0.6 is 0 Å². The molecule has 1 aromatic carbocycles. The van der Waals surface area contributed by atoms with E-state index in [1.165, 1.54) is 29.4 Å². The molecule has 4 heteroatoms. The monoisotopic (exact) mass is 319 g/mol. The van der Waals surface area contributed by atoms with E-state index in [2.05, 4.69) is 28.2 Å². The Morgan fingerprint density at radius 3 is 2.71 bits per heavy atom. The van der Waals surface area contributed by atoms with Crippen molar-refractivity contribution in [2.24, 2.45) is 0 Å². The van der Waals surface area contributed by atoms with Gasteiger partial charge >= 0.3 is 0 Å².